The molecule has 0 bridgehead atoms. The van der Waals surface area contributed by atoms with Gasteiger partial charge in [0.05, 0.1) is 6.20 Å². The van der Waals surface area contributed by atoms with Crippen LogP contribution in [0.2, 0.25) is 0 Å². The molecule has 1 saturated heterocycles. The van der Waals surface area contributed by atoms with E-state index in [-0.39, 0.29) is 24.4 Å². The van der Waals surface area contributed by atoms with Crippen molar-refractivity contribution in [2.24, 2.45) is 0 Å². The summed E-state index contributed by atoms with van der Waals surface area (Å²) in [7, 11) is 0. The highest BCUT2D eigenvalue weighted by atomic mass is 35.5. The Labute approximate surface area is 129 Å². The number of carbonyl (C=O) groups excluding carboxylic acids is 1. The third-order valence-corrected chi connectivity index (χ3v) is 3.71. The summed E-state index contributed by atoms with van der Waals surface area (Å²) >= 11 is 0. The van der Waals surface area contributed by atoms with E-state index in [2.05, 4.69) is 27.6 Å². The quantitative estimate of drug-likeness (QED) is 0.878. The van der Waals surface area contributed by atoms with Crippen LogP contribution in [0.25, 0.3) is 5.65 Å². The van der Waals surface area contributed by atoms with Gasteiger partial charge in [-0.25, -0.2) is 9.50 Å². The van der Waals surface area contributed by atoms with Gasteiger partial charge in [-0.3, -0.25) is 4.79 Å². The lowest BCUT2D eigenvalue weighted by Crippen LogP contribution is -2.46. The molecule has 21 heavy (non-hydrogen) atoms. The van der Waals surface area contributed by atoms with Crippen LogP contribution >= 0.6 is 12.4 Å². The van der Waals surface area contributed by atoms with Crippen LogP contribution in [0.5, 0.6) is 0 Å². The highest BCUT2D eigenvalue weighted by molar-refractivity contribution is 5.99. The number of halogens is 1. The number of carbonyl (C=O) groups is 1. The number of aromatic nitrogens is 3. The van der Waals surface area contributed by atoms with E-state index < -0.39 is 0 Å². The number of hydrogen-bond donors (Lipinski definition) is 2. The molecule has 3 rings (SSSR count). The second-order valence-corrected chi connectivity index (χ2v) is 5.45. The first-order chi connectivity index (χ1) is 9.63. The Morgan fingerprint density at radius 2 is 2.33 bits per heavy atom. The maximum absolute atomic E-state index is 12.4. The van der Waals surface area contributed by atoms with Crippen LogP contribution in [0.15, 0.2) is 18.5 Å². The largest absolute Gasteiger partial charge is 0.349 e. The van der Waals surface area contributed by atoms with Crippen LogP contribution in [0.1, 0.15) is 35.8 Å². The number of rotatable bonds is 2. The maximum atomic E-state index is 12.4. The Balaban J connectivity index is 0.00000161. The third kappa shape index (κ3) is 3.33. The van der Waals surface area contributed by atoms with Crippen LogP contribution in [0.4, 0.5) is 0 Å². The predicted molar refractivity (Wildman–Crippen MR) is 82.9 cm³/mol. The summed E-state index contributed by atoms with van der Waals surface area (Å²) in [5, 5.41) is 10.6. The predicted octanol–water partition coefficient (Wildman–Crippen LogP) is 1.33. The Kier molecular flexibility index (Phi) is 4.80. The zero-order valence-corrected chi connectivity index (χ0v) is 13.0. The Morgan fingerprint density at radius 3 is 3.10 bits per heavy atom. The van der Waals surface area contributed by atoms with Gasteiger partial charge in [-0.2, -0.15) is 5.10 Å². The Bertz CT molecular complexity index is 641. The average Bonchev–Trinajstić information content (AvgIpc) is 2.81. The van der Waals surface area contributed by atoms with Crippen LogP contribution in [-0.2, 0) is 0 Å². The minimum absolute atomic E-state index is 0. The Morgan fingerprint density at radius 1 is 1.52 bits per heavy atom. The minimum atomic E-state index is -0.0859. The lowest BCUT2D eigenvalue weighted by molar-refractivity contribution is 0.0927. The van der Waals surface area contributed by atoms with Gasteiger partial charge in [0.1, 0.15) is 5.56 Å². The van der Waals surface area contributed by atoms with Crippen LogP contribution in [0, 0.1) is 6.92 Å². The lowest BCUT2D eigenvalue weighted by Gasteiger charge is -2.28. The molecule has 7 heteroatoms. The highest BCUT2D eigenvalue weighted by Gasteiger charge is 2.22. The molecular weight excluding hydrogens is 290 g/mol. The van der Waals surface area contributed by atoms with Gasteiger partial charge >= 0.3 is 0 Å². The second kappa shape index (κ2) is 6.41. The first-order valence-corrected chi connectivity index (χ1v) is 6.99. The number of amides is 1. The topological polar surface area (TPSA) is 71.3 Å². The van der Waals surface area contributed by atoms with Gasteiger partial charge in [-0.05, 0) is 39.3 Å². The molecular formula is C14H20ClN5O. The van der Waals surface area contributed by atoms with Crippen LogP contribution < -0.4 is 10.6 Å². The molecule has 114 valence electrons. The summed E-state index contributed by atoms with van der Waals surface area (Å²) in [6.07, 6.45) is 5.32. The third-order valence-electron chi connectivity index (χ3n) is 3.71. The molecule has 6 nitrogen and oxygen atoms in total. The molecule has 3 heterocycles. The van der Waals surface area contributed by atoms with Gasteiger partial charge in [0.25, 0.3) is 5.91 Å². The van der Waals surface area contributed by atoms with Crippen molar-refractivity contribution in [3.63, 3.8) is 0 Å². The Hall–Kier alpha value is -1.66. The summed E-state index contributed by atoms with van der Waals surface area (Å²) in [6, 6.07) is 2.53. The fourth-order valence-electron chi connectivity index (χ4n) is 2.65. The number of hydrogen-bond acceptors (Lipinski definition) is 4. The first-order valence-electron chi connectivity index (χ1n) is 6.99. The number of nitrogens with zero attached hydrogens (tertiary/aromatic N) is 3. The molecule has 1 amide bonds. The first kappa shape index (κ1) is 15.7. The van der Waals surface area contributed by atoms with Crippen molar-refractivity contribution >= 4 is 24.0 Å². The summed E-state index contributed by atoms with van der Waals surface area (Å²) in [5.74, 6) is -0.0859. The van der Waals surface area contributed by atoms with Crippen molar-refractivity contribution in [1.82, 2.24) is 25.2 Å². The van der Waals surface area contributed by atoms with Gasteiger partial charge in [0.15, 0.2) is 5.65 Å². The lowest BCUT2D eigenvalue weighted by atomic mass is 10.0. The molecule has 1 fully saturated rings. The van der Waals surface area contributed by atoms with Gasteiger partial charge < -0.3 is 10.6 Å². The fraction of sp³-hybridized carbons (Fsp3) is 0.500. The zero-order chi connectivity index (χ0) is 14.1. The van der Waals surface area contributed by atoms with Crippen molar-refractivity contribution in [3.8, 4) is 0 Å². The summed E-state index contributed by atoms with van der Waals surface area (Å²) < 4.78 is 1.63. The SMILES string of the molecule is Cc1ccn2ncc(C(=O)NC3CCNC(C)C3)c2n1.Cl. The molecule has 0 radical (unpaired) electrons. The van der Waals surface area contributed by atoms with Crippen LogP contribution in [-0.4, -0.2) is 39.1 Å². The van der Waals surface area contributed by atoms with E-state index in [9.17, 15) is 4.79 Å². The fourth-order valence-corrected chi connectivity index (χ4v) is 2.65. The molecule has 0 saturated carbocycles. The number of nitrogens with one attached hydrogen (secondary N) is 2. The molecule has 2 atom stereocenters. The van der Waals surface area contributed by atoms with Gasteiger partial charge in [0.2, 0.25) is 0 Å². The molecule has 1 aliphatic rings. The molecule has 0 aromatic carbocycles. The molecule has 2 N–H and O–H groups in total. The molecule has 0 spiro atoms. The second-order valence-electron chi connectivity index (χ2n) is 5.45. The number of piperidine rings is 1. The molecule has 2 aromatic heterocycles. The van der Waals surface area contributed by atoms with E-state index in [1.807, 2.05) is 19.2 Å². The minimum Gasteiger partial charge on any atom is -0.349 e. The maximum Gasteiger partial charge on any atom is 0.256 e. The summed E-state index contributed by atoms with van der Waals surface area (Å²) in [6.45, 7) is 4.99. The van der Waals surface area contributed by atoms with Crippen molar-refractivity contribution < 1.29 is 4.79 Å². The van der Waals surface area contributed by atoms with Crippen molar-refractivity contribution in [1.29, 1.82) is 0 Å². The smallest absolute Gasteiger partial charge is 0.256 e. The standard InChI is InChI=1S/C14H19N5O.ClH/c1-9-4-6-19-13(17-9)12(8-16-19)14(20)18-11-3-5-15-10(2)7-11;/h4,6,8,10-11,15H,3,5,7H2,1-2H3,(H,18,20);1H. The molecule has 0 aliphatic carbocycles. The highest BCUT2D eigenvalue weighted by Crippen LogP contribution is 2.12. The normalized spacial score (nSPS) is 21.8. The van der Waals surface area contributed by atoms with E-state index in [4.69, 9.17) is 0 Å². The molecule has 2 unspecified atom stereocenters. The summed E-state index contributed by atoms with van der Waals surface area (Å²) in [5.41, 5.74) is 2.03. The van der Waals surface area contributed by atoms with E-state index in [0.29, 0.717) is 17.3 Å². The monoisotopic (exact) mass is 309 g/mol. The van der Waals surface area contributed by atoms with E-state index >= 15 is 0 Å². The number of fused-ring (bicyclic) bond motifs is 1. The van der Waals surface area contributed by atoms with Crippen molar-refractivity contribution in [2.45, 2.75) is 38.8 Å². The van der Waals surface area contributed by atoms with Gasteiger partial charge in [0, 0.05) is 24.0 Å². The van der Waals surface area contributed by atoms with Crippen molar-refractivity contribution in [2.75, 3.05) is 6.54 Å². The van der Waals surface area contributed by atoms with E-state index in [1.54, 1.807) is 10.7 Å². The molecule has 2 aromatic rings. The van der Waals surface area contributed by atoms with Gasteiger partial charge in [-0.15, -0.1) is 12.4 Å². The summed E-state index contributed by atoms with van der Waals surface area (Å²) in [4.78, 5) is 16.8. The van der Waals surface area contributed by atoms with Gasteiger partial charge in [-0.1, -0.05) is 0 Å². The van der Waals surface area contributed by atoms with E-state index in [1.165, 1.54) is 0 Å². The van der Waals surface area contributed by atoms with Crippen molar-refractivity contribution in [3.05, 3.63) is 29.7 Å². The average molecular weight is 310 g/mol. The van der Waals surface area contributed by atoms with Crippen LogP contribution in [0.3, 0.4) is 0 Å². The van der Waals surface area contributed by atoms with E-state index in [0.717, 1.165) is 25.1 Å². The number of aryl methyl sites for hydroxylation is 1. The molecule has 1 aliphatic heterocycles. The zero-order valence-electron chi connectivity index (χ0n) is 12.2.